The number of nitrogens with one attached hydrogen (secondary N) is 3. The molecule has 0 bridgehead atoms. The highest BCUT2D eigenvalue weighted by atomic mass is 32.2. The summed E-state index contributed by atoms with van der Waals surface area (Å²) in [7, 11) is -2.44. The van der Waals surface area contributed by atoms with Gasteiger partial charge in [-0.25, -0.2) is 17.9 Å². The van der Waals surface area contributed by atoms with Crippen LogP contribution in [0.4, 0.5) is 16.2 Å². The van der Waals surface area contributed by atoms with E-state index in [9.17, 15) is 22.8 Å². The Kier molecular flexibility index (Phi) is 8.36. The minimum absolute atomic E-state index is 0.00316. The number of likely N-dealkylation sites (N-methyl/N-ethyl adjacent to an activating group) is 1. The highest BCUT2D eigenvalue weighted by molar-refractivity contribution is 7.90. The summed E-state index contributed by atoms with van der Waals surface area (Å²) < 4.78 is 28.0. The SMILES string of the molecule is Cc1ccc(NC(=O)N[C@]2(C3CCCCC3)N=Cc3ccccc3N(C)C2=O)cc1C(=O)NS(=O)(=O)c1ccccc1C. The molecule has 10 nitrogen and oxygen atoms in total. The van der Waals surface area contributed by atoms with Gasteiger partial charge in [0.15, 0.2) is 0 Å². The lowest BCUT2D eigenvalue weighted by atomic mass is 9.79. The predicted octanol–water partition coefficient (Wildman–Crippen LogP) is 4.92. The van der Waals surface area contributed by atoms with Crippen molar-refractivity contribution in [2.45, 2.75) is 56.5 Å². The number of benzodiazepines with no additional fused rings is 1. The van der Waals surface area contributed by atoms with E-state index in [0.717, 1.165) is 37.7 Å². The summed E-state index contributed by atoms with van der Waals surface area (Å²) in [6.45, 7) is 3.32. The third kappa shape index (κ3) is 6.03. The van der Waals surface area contributed by atoms with Crippen LogP contribution in [0.1, 0.15) is 59.2 Å². The lowest BCUT2D eigenvalue weighted by Gasteiger charge is -2.40. The van der Waals surface area contributed by atoms with Crippen LogP contribution in [0.3, 0.4) is 0 Å². The standard InChI is InChI=1S/C32H35N5O5S/c1-21-17-18-25(19-26(21)29(38)36-43(41,42)28-16-10-7-11-22(28)2)34-31(40)35-32(24-13-5-4-6-14-24)30(39)37(3)27-15-9-8-12-23(27)20-33-32/h7-12,15-20,24H,4-6,13-14H2,1-3H3,(H,36,38)(H2,34,35,40)/t32-/m0/s1. The molecule has 11 heteroatoms. The van der Waals surface area contributed by atoms with Gasteiger partial charge in [0.1, 0.15) is 0 Å². The second-order valence-corrected chi connectivity index (χ2v) is 12.7. The van der Waals surface area contributed by atoms with Crippen LogP contribution in [0.2, 0.25) is 0 Å². The van der Waals surface area contributed by atoms with Crippen molar-refractivity contribution in [2.75, 3.05) is 17.3 Å². The molecule has 0 unspecified atom stereocenters. The summed E-state index contributed by atoms with van der Waals surface area (Å²) in [5.74, 6) is -1.37. The van der Waals surface area contributed by atoms with Crippen LogP contribution in [0.15, 0.2) is 76.6 Å². The molecule has 43 heavy (non-hydrogen) atoms. The van der Waals surface area contributed by atoms with Gasteiger partial charge in [-0.3, -0.25) is 14.6 Å². The molecule has 3 aromatic rings. The number of amides is 4. The number of rotatable bonds is 6. The van der Waals surface area contributed by atoms with E-state index in [-0.39, 0.29) is 28.0 Å². The summed E-state index contributed by atoms with van der Waals surface area (Å²) in [6, 6.07) is 17.8. The van der Waals surface area contributed by atoms with Gasteiger partial charge >= 0.3 is 6.03 Å². The van der Waals surface area contributed by atoms with Crippen molar-refractivity contribution >= 4 is 45.5 Å². The molecule has 1 saturated carbocycles. The maximum Gasteiger partial charge on any atom is 0.321 e. The van der Waals surface area contributed by atoms with Crippen molar-refractivity contribution in [3.05, 3.63) is 89.0 Å². The zero-order valence-electron chi connectivity index (χ0n) is 24.4. The summed E-state index contributed by atoms with van der Waals surface area (Å²) in [5, 5.41) is 5.63. The topological polar surface area (TPSA) is 137 Å². The maximum atomic E-state index is 14.0. The zero-order chi connectivity index (χ0) is 30.8. The number of hydrogen-bond donors (Lipinski definition) is 3. The monoisotopic (exact) mass is 601 g/mol. The first-order valence-electron chi connectivity index (χ1n) is 14.3. The number of para-hydroxylation sites is 1. The fourth-order valence-corrected chi connectivity index (χ4v) is 7.07. The molecular formula is C32H35N5O5S. The van der Waals surface area contributed by atoms with Gasteiger partial charge in [-0.15, -0.1) is 0 Å². The lowest BCUT2D eigenvalue weighted by molar-refractivity contribution is -0.126. The van der Waals surface area contributed by atoms with Crippen molar-refractivity contribution < 1.29 is 22.8 Å². The van der Waals surface area contributed by atoms with E-state index in [2.05, 4.69) is 15.4 Å². The fourth-order valence-electron chi connectivity index (χ4n) is 5.85. The number of aliphatic imine (C=N–C) groups is 1. The van der Waals surface area contributed by atoms with Crippen LogP contribution >= 0.6 is 0 Å². The van der Waals surface area contributed by atoms with E-state index in [1.54, 1.807) is 62.3 Å². The van der Waals surface area contributed by atoms with Crippen LogP contribution in [-0.2, 0) is 14.8 Å². The highest BCUT2D eigenvalue weighted by Gasteiger charge is 2.49. The summed E-state index contributed by atoms with van der Waals surface area (Å²) >= 11 is 0. The van der Waals surface area contributed by atoms with Crippen molar-refractivity contribution in [1.29, 1.82) is 0 Å². The number of urea groups is 1. The molecule has 0 aromatic heterocycles. The Bertz CT molecular complexity index is 1710. The minimum atomic E-state index is -4.13. The number of fused-ring (bicyclic) bond motifs is 1. The normalized spacial score (nSPS) is 18.9. The molecule has 3 aromatic carbocycles. The van der Waals surface area contributed by atoms with E-state index in [1.807, 2.05) is 24.3 Å². The van der Waals surface area contributed by atoms with Gasteiger partial charge in [-0.2, -0.15) is 0 Å². The number of aryl methyl sites for hydroxylation is 2. The predicted molar refractivity (Wildman–Crippen MR) is 166 cm³/mol. The average molecular weight is 602 g/mol. The Balaban J connectivity index is 1.40. The molecule has 224 valence electrons. The van der Waals surface area contributed by atoms with Crippen LogP contribution < -0.4 is 20.3 Å². The Hall–Kier alpha value is -4.51. The zero-order valence-corrected chi connectivity index (χ0v) is 25.2. The van der Waals surface area contributed by atoms with E-state index >= 15 is 0 Å². The largest absolute Gasteiger partial charge is 0.321 e. The molecule has 1 heterocycles. The maximum absolute atomic E-state index is 14.0. The number of nitrogens with zero attached hydrogens (tertiary/aromatic N) is 2. The van der Waals surface area contributed by atoms with Gasteiger partial charge < -0.3 is 15.5 Å². The molecule has 0 spiro atoms. The quantitative estimate of drug-likeness (QED) is 0.369. The van der Waals surface area contributed by atoms with E-state index < -0.39 is 27.6 Å². The molecule has 0 saturated heterocycles. The van der Waals surface area contributed by atoms with Crippen LogP contribution in [0.5, 0.6) is 0 Å². The minimum Gasteiger partial charge on any atom is -0.311 e. The Labute approximate surface area is 251 Å². The third-order valence-corrected chi connectivity index (χ3v) is 9.68. The Morgan fingerprint density at radius 3 is 2.37 bits per heavy atom. The van der Waals surface area contributed by atoms with Crippen LogP contribution in [0.25, 0.3) is 0 Å². The smallest absolute Gasteiger partial charge is 0.311 e. The van der Waals surface area contributed by atoms with Crippen molar-refractivity contribution in [1.82, 2.24) is 10.0 Å². The molecule has 1 atom stereocenters. The second kappa shape index (κ2) is 12.0. The molecule has 0 radical (unpaired) electrons. The number of carbonyl (C=O) groups is 3. The third-order valence-electron chi connectivity index (χ3n) is 8.19. The van der Waals surface area contributed by atoms with Gasteiger partial charge in [-0.05, 0) is 62.1 Å². The first kappa shape index (κ1) is 30.0. The molecule has 2 aliphatic rings. The molecule has 4 amide bonds. The van der Waals surface area contributed by atoms with Gasteiger partial charge in [0.05, 0.1) is 10.6 Å². The van der Waals surface area contributed by atoms with Gasteiger partial charge in [0, 0.05) is 36.0 Å². The van der Waals surface area contributed by atoms with E-state index in [4.69, 9.17) is 4.99 Å². The first-order chi connectivity index (χ1) is 20.5. The Morgan fingerprint density at radius 2 is 1.63 bits per heavy atom. The number of anilines is 2. The fraction of sp³-hybridized carbons (Fsp3) is 0.312. The van der Waals surface area contributed by atoms with E-state index in [1.165, 1.54) is 12.1 Å². The second-order valence-electron chi connectivity index (χ2n) is 11.1. The number of sulfonamides is 1. The molecule has 5 rings (SSSR count). The van der Waals surface area contributed by atoms with Gasteiger partial charge in [-0.1, -0.05) is 61.7 Å². The van der Waals surface area contributed by atoms with E-state index in [0.29, 0.717) is 16.8 Å². The van der Waals surface area contributed by atoms with Crippen molar-refractivity contribution in [3.8, 4) is 0 Å². The number of carbonyl (C=O) groups excluding carboxylic acids is 3. The molecule has 3 N–H and O–H groups in total. The summed E-state index contributed by atoms with van der Waals surface area (Å²) in [6.07, 6.45) is 6.03. The van der Waals surface area contributed by atoms with Crippen molar-refractivity contribution in [2.24, 2.45) is 10.9 Å². The average Bonchev–Trinajstić information content (AvgIpc) is 3.09. The van der Waals surface area contributed by atoms with Crippen molar-refractivity contribution in [3.63, 3.8) is 0 Å². The van der Waals surface area contributed by atoms with Crippen LogP contribution in [-0.4, -0.2) is 45.2 Å². The Morgan fingerprint density at radius 1 is 0.930 bits per heavy atom. The summed E-state index contributed by atoms with van der Waals surface area (Å²) in [4.78, 5) is 47.0. The van der Waals surface area contributed by atoms with Gasteiger partial charge in [0.2, 0.25) is 5.66 Å². The first-order valence-corrected chi connectivity index (χ1v) is 15.7. The summed E-state index contributed by atoms with van der Waals surface area (Å²) in [5.41, 5.74) is 1.30. The molecule has 1 aliphatic carbocycles. The highest BCUT2D eigenvalue weighted by Crippen LogP contribution is 2.38. The molecule has 1 fully saturated rings. The molecule has 1 aliphatic heterocycles. The van der Waals surface area contributed by atoms with Crippen LogP contribution in [0, 0.1) is 19.8 Å². The van der Waals surface area contributed by atoms with Gasteiger partial charge in [0.25, 0.3) is 21.8 Å². The number of hydrogen-bond acceptors (Lipinski definition) is 6. The number of benzene rings is 3. The molecular weight excluding hydrogens is 566 g/mol. The lowest BCUT2D eigenvalue weighted by Crippen LogP contribution is -2.63.